The highest BCUT2D eigenvalue weighted by molar-refractivity contribution is 6.31. The van der Waals surface area contributed by atoms with E-state index in [2.05, 4.69) is 25.2 Å². The number of aryl methyl sites for hydroxylation is 1. The molecule has 1 atom stereocenters. The number of imidazole rings is 1. The van der Waals surface area contributed by atoms with Crippen molar-refractivity contribution in [2.75, 3.05) is 32.8 Å². The van der Waals surface area contributed by atoms with Crippen LogP contribution in [0.15, 0.2) is 42.7 Å². The maximum atomic E-state index is 13.0. The molecule has 2 aromatic heterocycles. The highest BCUT2D eigenvalue weighted by atomic mass is 35.5. The lowest BCUT2D eigenvalue weighted by Gasteiger charge is -2.33. The number of fused-ring (bicyclic) bond motifs is 1. The van der Waals surface area contributed by atoms with E-state index >= 15 is 0 Å². The van der Waals surface area contributed by atoms with Crippen LogP contribution in [0, 0.1) is 0 Å². The zero-order chi connectivity index (χ0) is 20.1. The maximum absolute atomic E-state index is 13.0. The van der Waals surface area contributed by atoms with Crippen molar-refractivity contribution in [3.05, 3.63) is 59.1 Å². The molecule has 1 saturated heterocycles. The number of morpholine rings is 1. The van der Waals surface area contributed by atoms with Crippen molar-refractivity contribution in [1.82, 2.24) is 25.2 Å². The first-order valence-corrected chi connectivity index (χ1v) is 10.2. The Labute approximate surface area is 174 Å². The predicted octanol–water partition coefficient (Wildman–Crippen LogP) is 2.73. The number of nitrogens with zero attached hydrogens (tertiary/aromatic N) is 3. The second-order valence-electron chi connectivity index (χ2n) is 7.08. The summed E-state index contributed by atoms with van der Waals surface area (Å²) in [4.78, 5) is 27.2. The summed E-state index contributed by atoms with van der Waals surface area (Å²) in [5.74, 6) is 0.893. The largest absolute Gasteiger partial charge is 0.379 e. The Kier molecular flexibility index (Phi) is 6.39. The van der Waals surface area contributed by atoms with Gasteiger partial charge in [0.1, 0.15) is 11.9 Å². The summed E-state index contributed by atoms with van der Waals surface area (Å²) in [6.45, 7) is 3.32. The molecule has 1 aromatic carbocycles. The van der Waals surface area contributed by atoms with Crippen LogP contribution in [0.4, 0.5) is 0 Å². The molecule has 29 heavy (non-hydrogen) atoms. The molecule has 3 heterocycles. The molecular weight excluding hydrogens is 390 g/mol. The molecule has 8 heteroatoms. The fourth-order valence-corrected chi connectivity index (χ4v) is 3.79. The van der Waals surface area contributed by atoms with E-state index in [4.69, 9.17) is 16.3 Å². The number of pyridine rings is 1. The van der Waals surface area contributed by atoms with Crippen LogP contribution in [-0.2, 0) is 16.0 Å². The molecule has 152 valence electrons. The Bertz CT molecular complexity index is 956. The number of nitrogens with one attached hydrogen (secondary N) is 2. The minimum absolute atomic E-state index is 0.00344. The first-order chi connectivity index (χ1) is 14.2. The molecule has 0 spiro atoms. The average Bonchev–Trinajstić information content (AvgIpc) is 3.15. The second-order valence-corrected chi connectivity index (χ2v) is 7.51. The van der Waals surface area contributed by atoms with Crippen molar-refractivity contribution in [2.45, 2.75) is 18.9 Å². The van der Waals surface area contributed by atoms with Gasteiger partial charge >= 0.3 is 0 Å². The summed E-state index contributed by atoms with van der Waals surface area (Å²) in [6, 6.07) is 9.08. The number of carbonyl (C=O) groups is 1. The standard InChI is InChI=1S/C21H24ClN5O2/c22-16-5-6-17-18(13-16)26-19(25-17)4-2-8-24-21(28)20(15-3-1-7-23-14-15)27-9-11-29-12-10-27/h1,3,5-7,13-14,20H,2,4,8-12H2,(H,24,28)(H,25,26). The minimum Gasteiger partial charge on any atom is -0.379 e. The number of amides is 1. The van der Waals surface area contributed by atoms with Gasteiger partial charge < -0.3 is 15.0 Å². The SMILES string of the molecule is O=C(NCCCc1nc2ccc(Cl)cc2[nH]1)C(c1cccnc1)N1CCOCC1. The Morgan fingerprint density at radius 3 is 2.97 bits per heavy atom. The predicted molar refractivity (Wildman–Crippen MR) is 112 cm³/mol. The van der Waals surface area contributed by atoms with E-state index < -0.39 is 0 Å². The first kappa shape index (κ1) is 19.8. The zero-order valence-electron chi connectivity index (χ0n) is 16.1. The number of carbonyl (C=O) groups excluding carboxylic acids is 1. The van der Waals surface area contributed by atoms with Crippen LogP contribution < -0.4 is 5.32 Å². The summed E-state index contributed by atoms with van der Waals surface area (Å²) in [7, 11) is 0. The van der Waals surface area contributed by atoms with Crippen LogP contribution >= 0.6 is 11.6 Å². The molecule has 1 aliphatic rings. The molecule has 1 fully saturated rings. The second kappa shape index (κ2) is 9.35. The Hall–Kier alpha value is -2.48. The van der Waals surface area contributed by atoms with E-state index in [1.54, 1.807) is 12.4 Å². The number of hydrogen-bond acceptors (Lipinski definition) is 5. The summed E-state index contributed by atoms with van der Waals surface area (Å²) in [5.41, 5.74) is 2.74. The molecule has 3 aromatic rings. The van der Waals surface area contributed by atoms with Crippen molar-refractivity contribution >= 4 is 28.5 Å². The van der Waals surface area contributed by atoms with Crippen LogP contribution in [0.5, 0.6) is 0 Å². The number of H-pyrrole nitrogens is 1. The zero-order valence-corrected chi connectivity index (χ0v) is 16.9. The third-order valence-corrected chi connectivity index (χ3v) is 5.28. The lowest BCUT2D eigenvalue weighted by Crippen LogP contribution is -2.46. The van der Waals surface area contributed by atoms with Crippen molar-refractivity contribution in [3.8, 4) is 0 Å². The van der Waals surface area contributed by atoms with Crippen LogP contribution in [0.2, 0.25) is 5.02 Å². The quantitative estimate of drug-likeness (QED) is 0.582. The Balaban J connectivity index is 1.34. The topological polar surface area (TPSA) is 83.1 Å². The fraction of sp³-hybridized carbons (Fsp3) is 0.381. The van der Waals surface area contributed by atoms with Gasteiger partial charge in [-0.15, -0.1) is 0 Å². The molecule has 4 rings (SSSR count). The molecule has 1 unspecified atom stereocenters. The number of aromatic nitrogens is 3. The molecule has 2 N–H and O–H groups in total. The summed E-state index contributed by atoms with van der Waals surface area (Å²) in [6.07, 6.45) is 5.03. The molecule has 0 bridgehead atoms. The van der Waals surface area contributed by atoms with E-state index in [9.17, 15) is 4.79 Å². The molecule has 1 aliphatic heterocycles. The number of rotatable bonds is 7. The van der Waals surface area contributed by atoms with Gasteiger partial charge in [-0.2, -0.15) is 0 Å². The van der Waals surface area contributed by atoms with Gasteiger partial charge in [-0.1, -0.05) is 17.7 Å². The van der Waals surface area contributed by atoms with Crippen molar-refractivity contribution in [2.24, 2.45) is 0 Å². The normalized spacial score (nSPS) is 16.0. The average molecular weight is 414 g/mol. The summed E-state index contributed by atoms with van der Waals surface area (Å²) in [5, 5.41) is 3.76. The van der Waals surface area contributed by atoms with Gasteiger partial charge in [-0.05, 0) is 36.2 Å². The van der Waals surface area contributed by atoms with Crippen molar-refractivity contribution in [3.63, 3.8) is 0 Å². The van der Waals surface area contributed by atoms with Gasteiger partial charge in [0.2, 0.25) is 5.91 Å². The summed E-state index contributed by atoms with van der Waals surface area (Å²) < 4.78 is 5.44. The number of aromatic amines is 1. The monoisotopic (exact) mass is 413 g/mol. The number of ether oxygens (including phenoxy) is 1. The van der Waals surface area contributed by atoms with Gasteiger partial charge in [-0.25, -0.2) is 4.98 Å². The molecule has 1 amide bonds. The third kappa shape index (κ3) is 4.93. The van der Waals surface area contributed by atoms with Gasteiger partial charge in [0.05, 0.1) is 24.2 Å². The van der Waals surface area contributed by atoms with Crippen LogP contribution in [0.25, 0.3) is 11.0 Å². The maximum Gasteiger partial charge on any atom is 0.242 e. The first-order valence-electron chi connectivity index (χ1n) is 9.84. The van der Waals surface area contributed by atoms with Crippen molar-refractivity contribution in [1.29, 1.82) is 0 Å². The molecular formula is C21H24ClN5O2. The minimum atomic E-state index is -0.346. The number of benzene rings is 1. The lowest BCUT2D eigenvalue weighted by molar-refractivity contribution is -0.128. The molecule has 0 aliphatic carbocycles. The Morgan fingerprint density at radius 1 is 1.31 bits per heavy atom. The smallest absolute Gasteiger partial charge is 0.242 e. The Morgan fingerprint density at radius 2 is 2.17 bits per heavy atom. The van der Waals surface area contributed by atoms with Gasteiger partial charge in [0, 0.05) is 43.5 Å². The van der Waals surface area contributed by atoms with E-state index in [0.717, 1.165) is 48.4 Å². The summed E-state index contributed by atoms with van der Waals surface area (Å²) >= 11 is 6.02. The molecule has 0 radical (unpaired) electrons. The lowest BCUT2D eigenvalue weighted by atomic mass is 10.1. The third-order valence-electron chi connectivity index (χ3n) is 5.04. The van der Waals surface area contributed by atoms with Gasteiger partial charge in [-0.3, -0.25) is 14.7 Å². The fourth-order valence-electron chi connectivity index (χ4n) is 3.62. The van der Waals surface area contributed by atoms with E-state index in [-0.39, 0.29) is 11.9 Å². The van der Waals surface area contributed by atoms with E-state index in [0.29, 0.717) is 24.8 Å². The van der Waals surface area contributed by atoms with E-state index in [1.165, 1.54) is 0 Å². The van der Waals surface area contributed by atoms with E-state index in [1.807, 2.05) is 30.3 Å². The molecule has 7 nitrogen and oxygen atoms in total. The highest BCUT2D eigenvalue weighted by Gasteiger charge is 2.28. The van der Waals surface area contributed by atoms with Crippen LogP contribution in [-0.4, -0.2) is 58.6 Å². The van der Waals surface area contributed by atoms with Crippen LogP contribution in [0.1, 0.15) is 23.9 Å². The van der Waals surface area contributed by atoms with Gasteiger partial charge in [0.25, 0.3) is 0 Å². The molecule has 0 saturated carbocycles. The van der Waals surface area contributed by atoms with Gasteiger partial charge in [0.15, 0.2) is 0 Å². The van der Waals surface area contributed by atoms with Crippen LogP contribution in [0.3, 0.4) is 0 Å². The van der Waals surface area contributed by atoms with Crippen molar-refractivity contribution < 1.29 is 9.53 Å². The highest BCUT2D eigenvalue weighted by Crippen LogP contribution is 2.21. The number of halogens is 1. The number of hydrogen-bond donors (Lipinski definition) is 2.